The van der Waals surface area contributed by atoms with Gasteiger partial charge in [0.2, 0.25) is 11.8 Å². The standard InChI is InChI=1S/C24H35N3O4/c1-15(2)26-13-18-12-21(24(30)25-9-8-16-10-19(28)11-16)23(27(18)22(29)14-26)17-4-6-20(31-3)7-5-17/h4-7,15-16,18-19,21,23,28H,8-14H2,1-3H3,(H,25,30)/t16?,18-,19?,21-,23-/m1/s1. The summed E-state index contributed by atoms with van der Waals surface area (Å²) < 4.78 is 5.29. The van der Waals surface area contributed by atoms with Crippen LogP contribution in [0.3, 0.4) is 0 Å². The van der Waals surface area contributed by atoms with Crippen molar-refractivity contribution >= 4 is 11.8 Å². The van der Waals surface area contributed by atoms with E-state index in [-0.39, 0.29) is 35.9 Å². The van der Waals surface area contributed by atoms with Crippen molar-refractivity contribution in [3.8, 4) is 5.75 Å². The number of carbonyl (C=O) groups is 2. The maximum Gasteiger partial charge on any atom is 0.237 e. The lowest BCUT2D eigenvalue weighted by molar-refractivity contribution is -0.141. The van der Waals surface area contributed by atoms with Gasteiger partial charge in [-0.1, -0.05) is 12.1 Å². The fraction of sp³-hybridized carbons (Fsp3) is 0.667. The SMILES string of the molecule is COc1ccc([C@@H]2[C@H](C(=O)NCCC3CC(O)C3)C[C@@H]3CN(C(C)C)CC(=O)N32)cc1. The third-order valence-electron chi connectivity index (χ3n) is 7.26. The van der Waals surface area contributed by atoms with Gasteiger partial charge in [-0.15, -0.1) is 0 Å². The number of hydrogen-bond donors (Lipinski definition) is 2. The van der Waals surface area contributed by atoms with Crippen LogP contribution in [-0.2, 0) is 9.59 Å². The van der Waals surface area contributed by atoms with Crippen LogP contribution in [0.15, 0.2) is 24.3 Å². The minimum absolute atomic E-state index is 0.0268. The number of fused-ring (bicyclic) bond motifs is 1. The molecule has 0 radical (unpaired) electrons. The lowest BCUT2D eigenvalue weighted by Crippen LogP contribution is -2.56. The molecule has 0 aromatic heterocycles. The van der Waals surface area contributed by atoms with Gasteiger partial charge in [0.1, 0.15) is 5.75 Å². The van der Waals surface area contributed by atoms with E-state index < -0.39 is 0 Å². The summed E-state index contributed by atoms with van der Waals surface area (Å²) in [6.07, 6.45) is 3.09. The van der Waals surface area contributed by atoms with Gasteiger partial charge in [0.15, 0.2) is 0 Å². The van der Waals surface area contributed by atoms with E-state index in [0.29, 0.717) is 31.5 Å². The summed E-state index contributed by atoms with van der Waals surface area (Å²) in [5.74, 6) is 1.13. The number of carbonyl (C=O) groups excluding carboxylic acids is 2. The molecule has 3 fully saturated rings. The number of ether oxygens (including phenoxy) is 1. The summed E-state index contributed by atoms with van der Waals surface area (Å²) in [5, 5.41) is 12.6. The van der Waals surface area contributed by atoms with Crippen molar-refractivity contribution in [3.05, 3.63) is 29.8 Å². The molecule has 3 atom stereocenters. The third kappa shape index (κ3) is 4.58. The van der Waals surface area contributed by atoms with E-state index in [9.17, 15) is 14.7 Å². The topological polar surface area (TPSA) is 82.1 Å². The first-order chi connectivity index (χ1) is 14.9. The highest BCUT2D eigenvalue weighted by atomic mass is 16.5. The van der Waals surface area contributed by atoms with E-state index in [4.69, 9.17) is 4.74 Å². The van der Waals surface area contributed by atoms with Crippen LogP contribution in [0.4, 0.5) is 0 Å². The average molecular weight is 430 g/mol. The zero-order valence-corrected chi connectivity index (χ0v) is 18.8. The largest absolute Gasteiger partial charge is 0.497 e. The van der Waals surface area contributed by atoms with E-state index in [1.807, 2.05) is 29.2 Å². The molecule has 170 valence electrons. The van der Waals surface area contributed by atoms with E-state index in [1.54, 1.807) is 7.11 Å². The van der Waals surface area contributed by atoms with Crippen molar-refractivity contribution in [2.75, 3.05) is 26.7 Å². The average Bonchev–Trinajstić information content (AvgIpc) is 3.12. The Morgan fingerprint density at radius 2 is 1.94 bits per heavy atom. The molecule has 1 aliphatic carbocycles. The van der Waals surface area contributed by atoms with Gasteiger partial charge < -0.3 is 20.1 Å². The molecule has 2 saturated heterocycles. The second-order valence-electron chi connectivity index (χ2n) is 9.61. The number of aliphatic hydroxyl groups is 1. The number of rotatable bonds is 7. The lowest BCUT2D eigenvalue weighted by atomic mass is 9.80. The molecule has 0 bridgehead atoms. The van der Waals surface area contributed by atoms with Crippen molar-refractivity contribution in [1.29, 1.82) is 0 Å². The molecule has 2 heterocycles. The monoisotopic (exact) mass is 429 g/mol. The molecule has 7 heteroatoms. The Balaban J connectivity index is 1.51. The number of methoxy groups -OCH3 is 1. The number of nitrogens with zero attached hydrogens (tertiary/aromatic N) is 2. The van der Waals surface area contributed by atoms with Gasteiger partial charge in [0, 0.05) is 25.2 Å². The zero-order valence-electron chi connectivity index (χ0n) is 18.8. The van der Waals surface area contributed by atoms with Crippen molar-refractivity contribution in [2.45, 2.75) is 63.8 Å². The quantitative estimate of drug-likeness (QED) is 0.692. The molecule has 4 rings (SSSR count). The summed E-state index contributed by atoms with van der Waals surface area (Å²) in [7, 11) is 1.63. The molecule has 3 aliphatic rings. The summed E-state index contributed by atoms with van der Waals surface area (Å²) in [4.78, 5) is 30.6. The molecular formula is C24H35N3O4. The fourth-order valence-electron chi connectivity index (χ4n) is 5.37. The van der Waals surface area contributed by atoms with Crippen molar-refractivity contribution < 1.29 is 19.4 Å². The molecule has 7 nitrogen and oxygen atoms in total. The normalized spacial score (nSPS) is 30.8. The first-order valence-corrected chi connectivity index (χ1v) is 11.5. The molecule has 0 spiro atoms. The van der Waals surface area contributed by atoms with Gasteiger partial charge in [0.05, 0.1) is 31.7 Å². The summed E-state index contributed by atoms with van der Waals surface area (Å²) >= 11 is 0. The highest BCUT2D eigenvalue weighted by Gasteiger charge is 2.50. The van der Waals surface area contributed by atoms with Gasteiger partial charge in [-0.2, -0.15) is 0 Å². The maximum absolute atomic E-state index is 13.2. The highest BCUT2D eigenvalue weighted by molar-refractivity contribution is 5.85. The van der Waals surface area contributed by atoms with Gasteiger partial charge in [-0.05, 0) is 63.1 Å². The van der Waals surface area contributed by atoms with Crippen molar-refractivity contribution in [3.63, 3.8) is 0 Å². The van der Waals surface area contributed by atoms with Crippen LogP contribution < -0.4 is 10.1 Å². The Labute approximate surface area is 184 Å². The lowest BCUT2D eigenvalue weighted by Gasteiger charge is -2.41. The first-order valence-electron chi connectivity index (χ1n) is 11.5. The highest BCUT2D eigenvalue weighted by Crippen LogP contribution is 2.43. The smallest absolute Gasteiger partial charge is 0.237 e. The molecule has 2 amide bonds. The number of aliphatic hydroxyl groups excluding tert-OH is 1. The molecular weight excluding hydrogens is 394 g/mol. The van der Waals surface area contributed by atoms with Crippen LogP contribution in [0, 0.1) is 11.8 Å². The second kappa shape index (κ2) is 9.17. The summed E-state index contributed by atoms with van der Waals surface area (Å²) in [5.41, 5.74) is 0.983. The van der Waals surface area contributed by atoms with Crippen LogP contribution in [0.25, 0.3) is 0 Å². The Bertz CT molecular complexity index is 791. The summed E-state index contributed by atoms with van der Waals surface area (Å²) in [6, 6.07) is 7.85. The van der Waals surface area contributed by atoms with Crippen molar-refractivity contribution in [2.24, 2.45) is 11.8 Å². The van der Waals surface area contributed by atoms with E-state index in [0.717, 1.165) is 37.1 Å². The number of amides is 2. The van der Waals surface area contributed by atoms with Crippen LogP contribution >= 0.6 is 0 Å². The predicted molar refractivity (Wildman–Crippen MR) is 118 cm³/mol. The molecule has 2 N–H and O–H groups in total. The summed E-state index contributed by atoms with van der Waals surface area (Å²) in [6.45, 7) is 6.05. The zero-order chi connectivity index (χ0) is 22.1. The predicted octanol–water partition coefficient (Wildman–Crippen LogP) is 1.95. The minimum atomic E-state index is -0.263. The number of benzene rings is 1. The molecule has 1 aromatic carbocycles. The first kappa shape index (κ1) is 22.1. The Morgan fingerprint density at radius 3 is 2.55 bits per heavy atom. The molecule has 31 heavy (non-hydrogen) atoms. The van der Waals surface area contributed by atoms with Crippen LogP contribution in [-0.4, -0.2) is 71.7 Å². The van der Waals surface area contributed by atoms with Crippen LogP contribution in [0.1, 0.15) is 51.1 Å². The maximum atomic E-state index is 13.2. The molecule has 2 aliphatic heterocycles. The van der Waals surface area contributed by atoms with Crippen LogP contribution in [0.2, 0.25) is 0 Å². The fourth-order valence-corrected chi connectivity index (χ4v) is 5.37. The van der Waals surface area contributed by atoms with E-state index in [1.165, 1.54) is 0 Å². The molecule has 1 saturated carbocycles. The molecule has 0 unspecified atom stereocenters. The number of piperazine rings is 1. The van der Waals surface area contributed by atoms with Crippen molar-refractivity contribution in [1.82, 2.24) is 15.1 Å². The second-order valence-corrected chi connectivity index (χ2v) is 9.61. The molecule has 1 aromatic rings. The number of nitrogens with one attached hydrogen (secondary N) is 1. The van der Waals surface area contributed by atoms with Gasteiger partial charge in [-0.25, -0.2) is 0 Å². The van der Waals surface area contributed by atoms with Crippen LogP contribution in [0.5, 0.6) is 5.75 Å². The Morgan fingerprint density at radius 1 is 1.23 bits per heavy atom. The van der Waals surface area contributed by atoms with E-state index in [2.05, 4.69) is 24.1 Å². The van der Waals surface area contributed by atoms with Gasteiger partial charge >= 0.3 is 0 Å². The van der Waals surface area contributed by atoms with Gasteiger partial charge in [-0.3, -0.25) is 14.5 Å². The Hall–Kier alpha value is -2.12. The third-order valence-corrected chi connectivity index (χ3v) is 7.26. The Kier molecular flexibility index (Phi) is 6.53. The van der Waals surface area contributed by atoms with Gasteiger partial charge in [0.25, 0.3) is 0 Å². The van der Waals surface area contributed by atoms with E-state index >= 15 is 0 Å². The number of hydrogen-bond acceptors (Lipinski definition) is 5. The minimum Gasteiger partial charge on any atom is -0.497 e.